The number of nitrogens with one attached hydrogen (secondary N) is 1. The Morgan fingerprint density at radius 1 is 0.960 bits per heavy atom. The molecule has 4 heteroatoms. The van der Waals surface area contributed by atoms with E-state index in [9.17, 15) is 9.90 Å². The molecule has 0 saturated heterocycles. The monoisotopic (exact) mass is 359 g/mol. The Kier molecular flexibility index (Phi) is 5.19. The van der Waals surface area contributed by atoms with E-state index in [4.69, 9.17) is 11.6 Å². The van der Waals surface area contributed by atoms with Crippen molar-refractivity contribution in [2.75, 3.05) is 5.32 Å². The summed E-state index contributed by atoms with van der Waals surface area (Å²) in [5.74, 6) is 0.0124. The van der Waals surface area contributed by atoms with Crippen molar-refractivity contribution in [3.05, 3.63) is 58.1 Å². The average Bonchev–Trinajstić information content (AvgIpc) is 2.47. The molecule has 2 aromatic rings. The van der Waals surface area contributed by atoms with Crippen molar-refractivity contribution in [3.8, 4) is 5.75 Å². The molecule has 3 nitrogen and oxygen atoms in total. The van der Waals surface area contributed by atoms with Crippen LogP contribution in [0.2, 0.25) is 5.02 Å². The zero-order valence-corrected chi connectivity index (χ0v) is 16.5. The number of para-hydroxylation sites is 1. The average molecular weight is 360 g/mol. The summed E-state index contributed by atoms with van der Waals surface area (Å²) in [6, 6.07) is 10.6. The Bertz CT molecular complexity index is 763. The summed E-state index contributed by atoms with van der Waals surface area (Å²) in [6.45, 7) is 12.1. The molecule has 0 saturated carbocycles. The zero-order chi connectivity index (χ0) is 19.0. The molecular formula is C21H26ClNO2. The van der Waals surface area contributed by atoms with Crippen LogP contribution < -0.4 is 5.32 Å². The minimum absolute atomic E-state index is 0.246. The number of hydrogen-bond donors (Lipinski definition) is 2. The summed E-state index contributed by atoms with van der Waals surface area (Å²) in [7, 11) is 0. The lowest BCUT2D eigenvalue weighted by atomic mass is 9.78. The smallest absolute Gasteiger partial charge is 0.255 e. The number of amides is 1. The lowest BCUT2D eigenvalue weighted by molar-refractivity contribution is 0.102. The van der Waals surface area contributed by atoms with E-state index in [0.717, 1.165) is 11.1 Å². The van der Waals surface area contributed by atoms with Crippen LogP contribution in [0.3, 0.4) is 0 Å². The number of carbonyl (C=O) groups excluding carboxylic acids is 1. The standard InChI is InChI=1S/C21H26ClNO2/c1-20(2,3)14-11-13(12-15(18(14)24)21(4,5)6)19(25)23-17-10-8-7-9-16(17)22/h7-12,24H,1-6H3,(H,23,25). The van der Waals surface area contributed by atoms with Crippen molar-refractivity contribution in [2.24, 2.45) is 0 Å². The fourth-order valence-electron chi connectivity index (χ4n) is 2.67. The topological polar surface area (TPSA) is 49.3 Å². The Hall–Kier alpha value is -2.00. The molecule has 0 unspecified atom stereocenters. The fraction of sp³-hybridized carbons (Fsp3) is 0.381. The van der Waals surface area contributed by atoms with Crippen LogP contribution in [0.25, 0.3) is 0 Å². The van der Waals surface area contributed by atoms with Crippen LogP contribution in [0.4, 0.5) is 5.69 Å². The molecule has 25 heavy (non-hydrogen) atoms. The molecular weight excluding hydrogens is 334 g/mol. The first-order valence-corrected chi connectivity index (χ1v) is 8.73. The van der Waals surface area contributed by atoms with Gasteiger partial charge in [-0.25, -0.2) is 0 Å². The highest BCUT2D eigenvalue weighted by Gasteiger charge is 2.27. The molecule has 134 valence electrons. The molecule has 0 bridgehead atoms. The molecule has 0 fully saturated rings. The number of aromatic hydroxyl groups is 1. The number of halogens is 1. The number of carbonyl (C=O) groups is 1. The normalized spacial score (nSPS) is 12.1. The molecule has 1 amide bonds. The first-order valence-electron chi connectivity index (χ1n) is 8.35. The van der Waals surface area contributed by atoms with E-state index in [2.05, 4.69) is 5.32 Å². The predicted octanol–water partition coefficient (Wildman–Crippen LogP) is 5.89. The van der Waals surface area contributed by atoms with Gasteiger partial charge in [-0.3, -0.25) is 4.79 Å². The molecule has 0 spiro atoms. The number of hydrogen-bond acceptors (Lipinski definition) is 2. The van der Waals surface area contributed by atoms with Gasteiger partial charge >= 0.3 is 0 Å². The van der Waals surface area contributed by atoms with Gasteiger partial charge in [-0.1, -0.05) is 65.3 Å². The summed E-state index contributed by atoms with van der Waals surface area (Å²) in [5, 5.41) is 14.1. The first-order chi connectivity index (χ1) is 11.4. The summed E-state index contributed by atoms with van der Waals surface area (Å²) in [4.78, 5) is 12.8. The van der Waals surface area contributed by atoms with E-state index in [1.54, 1.807) is 24.3 Å². The second-order valence-electron chi connectivity index (χ2n) is 8.35. The van der Waals surface area contributed by atoms with Crippen LogP contribution in [0.1, 0.15) is 63.0 Å². The third-order valence-corrected chi connectivity index (χ3v) is 4.44. The summed E-state index contributed by atoms with van der Waals surface area (Å²) < 4.78 is 0. The first kappa shape index (κ1) is 19.3. The molecule has 2 N–H and O–H groups in total. The maximum absolute atomic E-state index is 12.8. The van der Waals surface area contributed by atoms with Gasteiger partial charge < -0.3 is 10.4 Å². The van der Waals surface area contributed by atoms with Crippen molar-refractivity contribution in [3.63, 3.8) is 0 Å². The fourth-order valence-corrected chi connectivity index (χ4v) is 2.85. The van der Waals surface area contributed by atoms with Crippen molar-refractivity contribution in [1.82, 2.24) is 0 Å². The Labute approximate surface area is 155 Å². The molecule has 0 aliphatic heterocycles. The van der Waals surface area contributed by atoms with Gasteiger partial charge in [-0.2, -0.15) is 0 Å². The maximum Gasteiger partial charge on any atom is 0.255 e. The zero-order valence-electron chi connectivity index (χ0n) is 15.7. The van der Waals surface area contributed by atoms with E-state index in [0.29, 0.717) is 16.3 Å². The lowest BCUT2D eigenvalue weighted by Crippen LogP contribution is -2.20. The minimum atomic E-state index is -0.287. The van der Waals surface area contributed by atoms with Crippen molar-refractivity contribution in [2.45, 2.75) is 52.4 Å². The Morgan fingerprint density at radius 2 is 1.44 bits per heavy atom. The Balaban J connectivity index is 2.54. The predicted molar refractivity (Wildman–Crippen MR) is 105 cm³/mol. The van der Waals surface area contributed by atoms with Crippen molar-refractivity contribution in [1.29, 1.82) is 0 Å². The highest BCUT2D eigenvalue weighted by molar-refractivity contribution is 6.33. The van der Waals surface area contributed by atoms with Crippen LogP contribution in [-0.4, -0.2) is 11.0 Å². The SMILES string of the molecule is CC(C)(C)c1cc(C(=O)Nc2ccccc2Cl)cc(C(C)(C)C)c1O. The quantitative estimate of drug-likeness (QED) is 0.702. The molecule has 0 aliphatic rings. The number of benzene rings is 2. The van der Waals surface area contributed by atoms with E-state index in [1.165, 1.54) is 0 Å². The van der Waals surface area contributed by atoms with Gasteiger partial charge in [0.1, 0.15) is 5.75 Å². The van der Waals surface area contributed by atoms with Gasteiger partial charge in [0, 0.05) is 16.7 Å². The molecule has 0 heterocycles. The largest absolute Gasteiger partial charge is 0.507 e. The summed E-state index contributed by atoms with van der Waals surface area (Å²) >= 11 is 6.13. The van der Waals surface area contributed by atoms with Gasteiger partial charge in [0.05, 0.1) is 10.7 Å². The second kappa shape index (κ2) is 6.72. The van der Waals surface area contributed by atoms with Crippen LogP contribution in [0.5, 0.6) is 5.75 Å². The lowest BCUT2D eigenvalue weighted by Gasteiger charge is -2.28. The molecule has 0 aromatic heterocycles. The van der Waals surface area contributed by atoms with Crippen LogP contribution in [0.15, 0.2) is 36.4 Å². The Morgan fingerprint density at radius 3 is 1.88 bits per heavy atom. The second-order valence-corrected chi connectivity index (χ2v) is 8.76. The molecule has 0 atom stereocenters. The molecule has 2 rings (SSSR count). The van der Waals surface area contributed by atoms with Gasteiger partial charge in [-0.05, 0) is 35.1 Å². The third-order valence-electron chi connectivity index (χ3n) is 4.11. The number of phenols is 1. The van der Waals surface area contributed by atoms with Crippen LogP contribution >= 0.6 is 11.6 Å². The van der Waals surface area contributed by atoms with E-state index in [-0.39, 0.29) is 22.5 Å². The van der Waals surface area contributed by atoms with E-state index >= 15 is 0 Å². The number of anilines is 1. The number of phenolic OH excluding ortho intramolecular Hbond substituents is 1. The summed E-state index contributed by atoms with van der Waals surface area (Å²) in [5.41, 5.74) is 2.01. The van der Waals surface area contributed by atoms with Crippen LogP contribution in [0, 0.1) is 0 Å². The third kappa shape index (κ3) is 4.35. The van der Waals surface area contributed by atoms with Crippen molar-refractivity contribution < 1.29 is 9.90 Å². The minimum Gasteiger partial charge on any atom is -0.507 e. The molecule has 0 aliphatic carbocycles. The summed E-state index contributed by atoms with van der Waals surface area (Å²) in [6.07, 6.45) is 0. The highest BCUT2D eigenvalue weighted by Crippen LogP contribution is 2.40. The van der Waals surface area contributed by atoms with E-state index < -0.39 is 0 Å². The molecule has 2 aromatic carbocycles. The van der Waals surface area contributed by atoms with Gasteiger partial charge in [0.2, 0.25) is 0 Å². The number of rotatable bonds is 2. The van der Waals surface area contributed by atoms with Gasteiger partial charge in [0.25, 0.3) is 5.91 Å². The van der Waals surface area contributed by atoms with Gasteiger partial charge in [-0.15, -0.1) is 0 Å². The van der Waals surface area contributed by atoms with Gasteiger partial charge in [0.15, 0.2) is 0 Å². The van der Waals surface area contributed by atoms with Crippen molar-refractivity contribution >= 4 is 23.2 Å². The van der Waals surface area contributed by atoms with E-state index in [1.807, 2.05) is 53.7 Å². The highest BCUT2D eigenvalue weighted by atomic mass is 35.5. The molecule has 0 radical (unpaired) electrons. The maximum atomic E-state index is 12.8. The van der Waals surface area contributed by atoms with Crippen LogP contribution in [-0.2, 0) is 10.8 Å².